The molecule has 0 amide bonds. The van der Waals surface area contributed by atoms with Crippen LogP contribution in [0.3, 0.4) is 0 Å². The normalized spacial score (nSPS) is 11.1. The minimum atomic E-state index is -0.400. The van der Waals surface area contributed by atoms with Gasteiger partial charge in [0.2, 0.25) is 0 Å². The van der Waals surface area contributed by atoms with E-state index < -0.39 is 5.82 Å². The SMILES string of the molecule is C=CCN(c1cc(F)cc(C=O)c1)C(C)(C)C. The highest BCUT2D eigenvalue weighted by Gasteiger charge is 2.21. The summed E-state index contributed by atoms with van der Waals surface area (Å²) >= 11 is 0. The van der Waals surface area contributed by atoms with Crippen molar-refractivity contribution in [3.05, 3.63) is 42.2 Å². The van der Waals surface area contributed by atoms with E-state index in [0.717, 1.165) is 0 Å². The van der Waals surface area contributed by atoms with Gasteiger partial charge in [0, 0.05) is 23.3 Å². The van der Waals surface area contributed by atoms with Crippen LogP contribution in [0.1, 0.15) is 31.1 Å². The minimum absolute atomic E-state index is 0.165. The Bertz CT molecular complexity index is 421. The van der Waals surface area contributed by atoms with Crippen LogP contribution in [0.4, 0.5) is 10.1 Å². The molecule has 1 rings (SSSR count). The molecule has 0 atom stereocenters. The van der Waals surface area contributed by atoms with Crippen molar-refractivity contribution in [2.24, 2.45) is 0 Å². The highest BCUT2D eigenvalue weighted by atomic mass is 19.1. The molecule has 0 heterocycles. The van der Waals surface area contributed by atoms with Crippen molar-refractivity contribution in [1.29, 1.82) is 0 Å². The zero-order chi connectivity index (χ0) is 13.1. The van der Waals surface area contributed by atoms with Gasteiger partial charge in [0.05, 0.1) is 0 Å². The average Bonchev–Trinajstić information content (AvgIpc) is 2.23. The summed E-state index contributed by atoms with van der Waals surface area (Å²) in [6.07, 6.45) is 2.41. The van der Waals surface area contributed by atoms with E-state index in [0.29, 0.717) is 24.1 Å². The minimum Gasteiger partial charge on any atom is -0.363 e. The van der Waals surface area contributed by atoms with Crippen LogP contribution < -0.4 is 4.90 Å². The summed E-state index contributed by atoms with van der Waals surface area (Å²) < 4.78 is 13.4. The third-order valence-corrected chi connectivity index (χ3v) is 2.47. The van der Waals surface area contributed by atoms with Crippen molar-refractivity contribution in [3.8, 4) is 0 Å². The fourth-order valence-corrected chi connectivity index (χ4v) is 1.72. The Morgan fingerprint density at radius 2 is 2.00 bits per heavy atom. The zero-order valence-corrected chi connectivity index (χ0v) is 10.5. The Hall–Kier alpha value is -1.64. The molecule has 3 heteroatoms. The summed E-state index contributed by atoms with van der Waals surface area (Å²) in [6, 6.07) is 4.35. The lowest BCUT2D eigenvalue weighted by atomic mass is 10.0. The molecule has 0 aromatic heterocycles. The standard InChI is InChI=1S/C14H18FNO/c1-5-6-16(14(2,3)4)13-8-11(10-17)7-12(15)9-13/h5,7-10H,1,6H2,2-4H3. The van der Waals surface area contributed by atoms with Crippen molar-refractivity contribution in [2.75, 3.05) is 11.4 Å². The van der Waals surface area contributed by atoms with E-state index in [2.05, 4.69) is 6.58 Å². The molecular formula is C14H18FNO. The molecule has 1 aromatic carbocycles. The number of rotatable bonds is 4. The van der Waals surface area contributed by atoms with Gasteiger partial charge in [-0.15, -0.1) is 6.58 Å². The lowest BCUT2D eigenvalue weighted by molar-refractivity contribution is 0.112. The molecule has 2 nitrogen and oxygen atoms in total. The van der Waals surface area contributed by atoms with Crippen molar-refractivity contribution in [1.82, 2.24) is 0 Å². The van der Waals surface area contributed by atoms with E-state index in [4.69, 9.17) is 0 Å². The van der Waals surface area contributed by atoms with Crippen LogP contribution >= 0.6 is 0 Å². The molecular weight excluding hydrogens is 217 g/mol. The molecule has 0 unspecified atom stereocenters. The summed E-state index contributed by atoms with van der Waals surface area (Å²) in [5.41, 5.74) is 0.875. The number of carbonyl (C=O) groups excluding carboxylic acids is 1. The summed E-state index contributed by atoms with van der Waals surface area (Å²) in [5.74, 6) is -0.400. The molecule has 0 aliphatic rings. The van der Waals surface area contributed by atoms with Gasteiger partial charge in [0.1, 0.15) is 12.1 Å². The van der Waals surface area contributed by atoms with Gasteiger partial charge in [-0.2, -0.15) is 0 Å². The monoisotopic (exact) mass is 235 g/mol. The molecule has 0 spiro atoms. The number of aldehydes is 1. The molecule has 92 valence electrons. The Balaban J connectivity index is 3.22. The van der Waals surface area contributed by atoms with Gasteiger partial charge in [-0.3, -0.25) is 4.79 Å². The largest absolute Gasteiger partial charge is 0.363 e. The summed E-state index contributed by atoms with van der Waals surface area (Å²) in [6.45, 7) is 10.4. The Morgan fingerprint density at radius 1 is 1.35 bits per heavy atom. The number of benzene rings is 1. The molecule has 0 aliphatic heterocycles. The number of nitrogens with zero attached hydrogens (tertiary/aromatic N) is 1. The van der Waals surface area contributed by atoms with Gasteiger partial charge >= 0.3 is 0 Å². The number of hydrogen-bond donors (Lipinski definition) is 0. The Kier molecular flexibility index (Phi) is 4.05. The van der Waals surface area contributed by atoms with Crippen molar-refractivity contribution in [3.63, 3.8) is 0 Å². The Labute approximate surface area is 102 Å². The molecule has 0 radical (unpaired) electrons. The van der Waals surface area contributed by atoms with Gasteiger partial charge in [-0.25, -0.2) is 4.39 Å². The molecule has 0 saturated carbocycles. The van der Waals surface area contributed by atoms with E-state index in [1.807, 2.05) is 25.7 Å². The topological polar surface area (TPSA) is 20.3 Å². The first kappa shape index (κ1) is 13.4. The van der Waals surface area contributed by atoms with Crippen LogP contribution in [-0.2, 0) is 0 Å². The van der Waals surface area contributed by atoms with Gasteiger partial charge in [0.15, 0.2) is 0 Å². The number of carbonyl (C=O) groups is 1. The maximum absolute atomic E-state index is 13.4. The zero-order valence-electron chi connectivity index (χ0n) is 10.5. The third-order valence-electron chi connectivity index (χ3n) is 2.47. The fourth-order valence-electron chi connectivity index (χ4n) is 1.72. The Morgan fingerprint density at radius 3 is 2.47 bits per heavy atom. The number of anilines is 1. The maximum Gasteiger partial charge on any atom is 0.150 e. The van der Waals surface area contributed by atoms with E-state index in [-0.39, 0.29) is 5.54 Å². The molecule has 0 aliphatic carbocycles. The second-order valence-electron chi connectivity index (χ2n) is 4.93. The van der Waals surface area contributed by atoms with Gasteiger partial charge in [-0.05, 0) is 39.0 Å². The first-order valence-corrected chi connectivity index (χ1v) is 5.53. The van der Waals surface area contributed by atoms with Crippen molar-refractivity contribution < 1.29 is 9.18 Å². The third kappa shape index (κ3) is 3.41. The summed E-state index contributed by atoms with van der Waals surface area (Å²) in [5, 5.41) is 0. The highest BCUT2D eigenvalue weighted by molar-refractivity contribution is 5.77. The smallest absolute Gasteiger partial charge is 0.150 e. The fraction of sp³-hybridized carbons (Fsp3) is 0.357. The quantitative estimate of drug-likeness (QED) is 0.588. The van der Waals surface area contributed by atoms with E-state index >= 15 is 0 Å². The first-order valence-electron chi connectivity index (χ1n) is 5.53. The molecule has 1 aromatic rings. The summed E-state index contributed by atoms with van der Waals surface area (Å²) in [4.78, 5) is 12.7. The molecule has 17 heavy (non-hydrogen) atoms. The maximum atomic E-state index is 13.4. The number of halogens is 1. The van der Waals surface area contributed by atoms with Crippen LogP contribution in [-0.4, -0.2) is 18.4 Å². The molecule has 0 bridgehead atoms. The van der Waals surface area contributed by atoms with Crippen molar-refractivity contribution in [2.45, 2.75) is 26.3 Å². The summed E-state index contributed by atoms with van der Waals surface area (Å²) in [7, 11) is 0. The van der Waals surface area contributed by atoms with Crippen LogP contribution in [0, 0.1) is 5.82 Å². The van der Waals surface area contributed by atoms with Crippen molar-refractivity contribution >= 4 is 12.0 Å². The van der Waals surface area contributed by atoms with Gasteiger partial charge < -0.3 is 4.90 Å². The second kappa shape index (κ2) is 5.13. The van der Waals surface area contributed by atoms with Crippen LogP contribution in [0.2, 0.25) is 0 Å². The highest BCUT2D eigenvalue weighted by Crippen LogP contribution is 2.25. The van der Waals surface area contributed by atoms with Crippen LogP contribution in [0.25, 0.3) is 0 Å². The van der Waals surface area contributed by atoms with E-state index in [1.165, 1.54) is 12.1 Å². The lowest BCUT2D eigenvalue weighted by Gasteiger charge is -2.37. The van der Waals surface area contributed by atoms with E-state index in [9.17, 15) is 9.18 Å². The molecule has 0 saturated heterocycles. The van der Waals surface area contributed by atoms with Crippen LogP contribution in [0.5, 0.6) is 0 Å². The lowest BCUT2D eigenvalue weighted by Crippen LogP contribution is -2.41. The predicted octanol–water partition coefficient (Wildman–Crippen LogP) is 3.43. The van der Waals surface area contributed by atoms with Gasteiger partial charge in [-0.1, -0.05) is 6.08 Å². The first-order chi connectivity index (χ1) is 7.88. The average molecular weight is 235 g/mol. The van der Waals surface area contributed by atoms with Crippen LogP contribution in [0.15, 0.2) is 30.9 Å². The van der Waals surface area contributed by atoms with Gasteiger partial charge in [0.25, 0.3) is 0 Å². The van der Waals surface area contributed by atoms with E-state index in [1.54, 1.807) is 12.1 Å². The molecule has 0 N–H and O–H groups in total. The predicted molar refractivity (Wildman–Crippen MR) is 69.1 cm³/mol. The second-order valence-corrected chi connectivity index (χ2v) is 4.93. The molecule has 0 fully saturated rings. The number of hydrogen-bond acceptors (Lipinski definition) is 2.